The van der Waals surface area contributed by atoms with Gasteiger partial charge in [0.1, 0.15) is 5.00 Å². The number of anilines is 1. The first kappa shape index (κ1) is 21.0. The minimum absolute atomic E-state index is 0.133. The van der Waals surface area contributed by atoms with Crippen molar-refractivity contribution in [2.24, 2.45) is 5.92 Å². The molecule has 0 unspecified atom stereocenters. The molecule has 0 saturated carbocycles. The molecular weight excluding hydrogens is 436 g/mol. The fourth-order valence-corrected chi connectivity index (χ4v) is 4.26. The summed E-state index contributed by atoms with van der Waals surface area (Å²) in [5.41, 5.74) is 1.05. The zero-order chi connectivity index (χ0) is 20.1. The molecule has 0 spiro atoms. The van der Waals surface area contributed by atoms with Gasteiger partial charge in [0.2, 0.25) is 0 Å². The van der Waals surface area contributed by atoms with Crippen LogP contribution in [0, 0.1) is 16.0 Å². The standard InChI is InChI=1S/C18H19BrN2O5S/c1-4-26-18(23)14-13(8-10(2)3)15(19)27-17(14)20-16(22)11-6-5-7-12(9-11)21(24)25/h5-7,9-10H,4,8H2,1-3H3,(H,20,22). The third kappa shape index (κ3) is 5.14. The van der Waals surface area contributed by atoms with E-state index in [0.29, 0.717) is 22.9 Å². The number of hydrogen-bond donors (Lipinski definition) is 1. The van der Waals surface area contributed by atoms with Gasteiger partial charge in [-0.05, 0) is 46.8 Å². The topological polar surface area (TPSA) is 98.5 Å². The van der Waals surface area contributed by atoms with Crippen LogP contribution in [0.4, 0.5) is 10.7 Å². The maximum Gasteiger partial charge on any atom is 0.341 e. The van der Waals surface area contributed by atoms with Gasteiger partial charge in [0.15, 0.2) is 0 Å². The first-order valence-corrected chi connectivity index (χ1v) is 9.89. The molecule has 1 N–H and O–H groups in total. The maximum absolute atomic E-state index is 12.6. The third-order valence-electron chi connectivity index (χ3n) is 3.60. The summed E-state index contributed by atoms with van der Waals surface area (Å²) < 4.78 is 5.89. The number of amides is 1. The molecule has 0 aliphatic carbocycles. The lowest BCUT2D eigenvalue weighted by Gasteiger charge is -2.10. The molecule has 0 radical (unpaired) electrons. The number of esters is 1. The van der Waals surface area contributed by atoms with E-state index in [4.69, 9.17) is 4.74 Å². The predicted molar refractivity (Wildman–Crippen MR) is 108 cm³/mol. The minimum Gasteiger partial charge on any atom is -0.462 e. The number of carbonyl (C=O) groups is 2. The van der Waals surface area contributed by atoms with E-state index in [1.807, 2.05) is 13.8 Å². The van der Waals surface area contributed by atoms with Crippen molar-refractivity contribution in [1.29, 1.82) is 0 Å². The molecule has 9 heteroatoms. The lowest BCUT2D eigenvalue weighted by Crippen LogP contribution is -2.15. The Morgan fingerprint density at radius 2 is 2.07 bits per heavy atom. The highest BCUT2D eigenvalue weighted by molar-refractivity contribution is 9.11. The summed E-state index contributed by atoms with van der Waals surface area (Å²) in [5, 5.41) is 14.0. The van der Waals surface area contributed by atoms with Gasteiger partial charge in [-0.2, -0.15) is 0 Å². The number of halogens is 1. The largest absolute Gasteiger partial charge is 0.462 e. The van der Waals surface area contributed by atoms with Crippen LogP contribution in [-0.2, 0) is 11.2 Å². The number of nitro benzene ring substituents is 1. The van der Waals surface area contributed by atoms with Crippen molar-refractivity contribution >= 4 is 49.8 Å². The molecular formula is C18H19BrN2O5S. The van der Waals surface area contributed by atoms with Gasteiger partial charge in [-0.25, -0.2) is 4.79 Å². The Balaban J connectivity index is 2.40. The first-order chi connectivity index (χ1) is 12.7. The van der Waals surface area contributed by atoms with Gasteiger partial charge in [0.25, 0.3) is 11.6 Å². The van der Waals surface area contributed by atoms with Gasteiger partial charge in [0.05, 0.1) is 20.9 Å². The Hall–Kier alpha value is -2.26. The van der Waals surface area contributed by atoms with E-state index in [9.17, 15) is 19.7 Å². The molecule has 2 rings (SSSR count). The quantitative estimate of drug-likeness (QED) is 0.358. The van der Waals surface area contributed by atoms with Crippen molar-refractivity contribution in [2.75, 3.05) is 11.9 Å². The monoisotopic (exact) mass is 454 g/mol. The second-order valence-electron chi connectivity index (χ2n) is 6.14. The molecule has 144 valence electrons. The number of nitrogens with zero attached hydrogens (tertiary/aromatic N) is 1. The minimum atomic E-state index is -0.566. The summed E-state index contributed by atoms with van der Waals surface area (Å²) >= 11 is 4.68. The Bertz CT molecular complexity index is 879. The number of hydrogen-bond acceptors (Lipinski definition) is 6. The summed E-state index contributed by atoms with van der Waals surface area (Å²) in [6.45, 7) is 5.98. The number of rotatable bonds is 7. The fraction of sp³-hybridized carbons (Fsp3) is 0.333. The number of ether oxygens (including phenoxy) is 1. The molecule has 2 aromatic rings. The van der Waals surface area contributed by atoms with Crippen LogP contribution < -0.4 is 5.32 Å². The Labute approximate surface area is 169 Å². The van der Waals surface area contributed by atoms with E-state index in [1.54, 1.807) is 6.92 Å². The molecule has 1 amide bonds. The van der Waals surface area contributed by atoms with Gasteiger partial charge in [-0.1, -0.05) is 19.9 Å². The van der Waals surface area contributed by atoms with Crippen molar-refractivity contribution in [2.45, 2.75) is 27.2 Å². The van der Waals surface area contributed by atoms with E-state index in [-0.39, 0.29) is 17.9 Å². The van der Waals surface area contributed by atoms with Crippen LogP contribution in [0.15, 0.2) is 28.1 Å². The van der Waals surface area contributed by atoms with E-state index >= 15 is 0 Å². The number of nitro groups is 1. The molecule has 0 aliphatic heterocycles. The molecule has 27 heavy (non-hydrogen) atoms. The average molecular weight is 455 g/mol. The summed E-state index contributed by atoms with van der Waals surface area (Å²) in [7, 11) is 0. The molecule has 0 fully saturated rings. The van der Waals surface area contributed by atoms with Crippen molar-refractivity contribution in [3.05, 3.63) is 54.9 Å². The summed E-state index contributed by atoms with van der Waals surface area (Å²) in [4.78, 5) is 35.4. The number of benzene rings is 1. The lowest BCUT2D eigenvalue weighted by molar-refractivity contribution is -0.384. The summed E-state index contributed by atoms with van der Waals surface area (Å²) in [6, 6.07) is 5.41. The zero-order valence-corrected chi connectivity index (χ0v) is 17.5. The Morgan fingerprint density at radius 1 is 1.37 bits per heavy atom. The Kier molecular flexibility index (Phi) is 7.09. The lowest BCUT2D eigenvalue weighted by atomic mass is 10.0. The van der Waals surface area contributed by atoms with E-state index in [0.717, 1.165) is 9.35 Å². The number of nitrogens with one attached hydrogen (secondary N) is 1. The highest BCUT2D eigenvalue weighted by Crippen LogP contribution is 2.39. The van der Waals surface area contributed by atoms with Gasteiger partial charge in [-0.15, -0.1) is 11.3 Å². The van der Waals surface area contributed by atoms with Gasteiger partial charge < -0.3 is 10.1 Å². The highest BCUT2D eigenvalue weighted by Gasteiger charge is 2.26. The van der Waals surface area contributed by atoms with E-state index in [1.165, 1.54) is 35.6 Å². The number of thiophene rings is 1. The van der Waals surface area contributed by atoms with Crippen molar-refractivity contribution < 1.29 is 19.2 Å². The van der Waals surface area contributed by atoms with Crippen LogP contribution >= 0.6 is 27.3 Å². The smallest absolute Gasteiger partial charge is 0.341 e. The molecule has 0 aliphatic rings. The third-order valence-corrected chi connectivity index (χ3v) is 5.50. The molecule has 0 saturated heterocycles. The normalized spacial score (nSPS) is 10.7. The fourth-order valence-electron chi connectivity index (χ4n) is 2.47. The number of non-ortho nitro benzene ring substituents is 1. The van der Waals surface area contributed by atoms with Crippen LogP contribution in [0.25, 0.3) is 0 Å². The zero-order valence-electron chi connectivity index (χ0n) is 15.1. The van der Waals surface area contributed by atoms with Gasteiger partial charge >= 0.3 is 5.97 Å². The summed E-state index contributed by atoms with van der Waals surface area (Å²) in [6.07, 6.45) is 0.637. The Morgan fingerprint density at radius 3 is 2.67 bits per heavy atom. The maximum atomic E-state index is 12.6. The second kappa shape index (κ2) is 9.09. The van der Waals surface area contributed by atoms with Crippen LogP contribution in [0.1, 0.15) is 47.1 Å². The van der Waals surface area contributed by atoms with Crippen LogP contribution in [0.5, 0.6) is 0 Å². The van der Waals surface area contributed by atoms with E-state index < -0.39 is 16.8 Å². The predicted octanol–water partition coefficient (Wildman–Crippen LogP) is 5.05. The van der Waals surface area contributed by atoms with E-state index in [2.05, 4.69) is 21.2 Å². The molecule has 1 aromatic carbocycles. The van der Waals surface area contributed by atoms with Gasteiger partial charge in [-0.3, -0.25) is 14.9 Å². The molecule has 7 nitrogen and oxygen atoms in total. The number of carbonyl (C=O) groups excluding carboxylic acids is 2. The van der Waals surface area contributed by atoms with Crippen LogP contribution in [-0.4, -0.2) is 23.4 Å². The van der Waals surface area contributed by atoms with Crippen molar-refractivity contribution in [3.63, 3.8) is 0 Å². The van der Waals surface area contributed by atoms with Crippen LogP contribution in [0.2, 0.25) is 0 Å². The van der Waals surface area contributed by atoms with Crippen LogP contribution in [0.3, 0.4) is 0 Å². The average Bonchev–Trinajstić information content (AvgIpc) is 2.89. The molecule has 0 bridgehead atoms. The second-order valence-corrected chi connectivity index (χ2v) is 8.48. The van der Waals surface area contributed by atoms with Crippen molar-refractivity contribution in [3.8, 4) is 0 Å². The van der Waals surface area contributed by atoms with Crippen molar-refractivity contribution in [1.82, 2.24) is 0 Å². The molecule has 1 heterocycles. The molecule has 1 aromatic heterocycles. The highest BCUT2D eigenvalue weighted by atomic mass is 79.9. The summed E-state index contributed by atoms with van der Waals surface area (Å²) in [5.74, 6) is -0.747. The van der Waals surface area contributed by atoms with Gasteiger partial charge in [0, 0.05) is 17.7 Å². The first-order valence-electron chi connectivity index (χ1n) is 8.28. The SMILES string of the molecule is CCOC(=O)c1c(NC(=O)c2cccc([N+](=O)[O-])c2)sc(Br)c1CC(C)C. The molecule has 0 atom stereocenters.